The summed E-state index contributed by atoms with van der Waals surface area (Å²) in [6, 6.07) is 17.9. The van der Waals surface area contributed by atoms with Gasteiger partial charge in [0, 0.05) is 49.0 Å². The maximum atomic E-state index is 14.3. The van der Waals surface area contributed by atoms with E-state index in [0.717, 1.165) is 76.4 Å². The molecule has 0 radical (unpaired) electrons. The Hall–Kier alpha value is -6.48. The van der Waals surface area contributed by atoms with Crippen LogP contribution in [0.25, 0.3) is 28.0 Å². The number of allylic oxidation sites excluding steroid dienone is 2. The third kappa shape index (κ3) is 8.37. The molecule has 0 spiro atoms. The van der Waals surface area contributed by atoms with Crippen LogP contribution in [-0.4, -0.2) is 102 Å². The monoisotopic (exact) mass is 883 g/mol. The number of rotatable bonds is 11. The molecule has 65 heavy (non-hydrogen) atoms. The summed E-state index contributed by atoms with van der Waals surface area (Å²) in [7, 11) is 4.25. The molecular weight excluding hydrogens is 827 g/mol. The molecule has 4 aromatic rings. The van der Waals surface area contributed by atoms with E-state index in [4.69, 9.17) is 28.9 Å². The molecule has 0 unspecified atom stereocenters. The van der Waals surface area contributed by atoms with E-state index in [0.29, 0.717) is 44.0 Å². The Labute approximate surface area is 379 Å². The number of aromatic amines is 1. The van der Waals surface area contributed by atoms with Gasteiger partial charge < -0.3 is 44.4 Å². The van der Waals surface area contributed by atoms with Crippen molar-refractivity contribution in [2.75, 3.05) is 34.5 Å². The van der Waals surface area contributed by atoms with Gasteiger partial charge in [0.25, 0.3) is 5.91 Å². The minimum atomic E-state index is -0.940. The van der Waals surface area contributed by atoms with E-state index in [1.807, 2.05) is 55.3 Å². The number of aliphatic imine (C=N–C) groups is 1. The number of nitrogens with one attached hydrogen (secondary N) is 3. The lowest BCUT2D eigenvalue weighted by Crippen LogP contribution is -2.55. The highest BCUT2D eigenvalue weighted by Gasteiger charge is 2.44. The second kappa shape index (κ2) is 18.2. The zero-order valence-electron chi connectivity index (χ0n) is 37.8. The van der Waals surface area contributed by atoms with Crippen LogP contribution in [0.3, 0.4) is 0 Å². The largest absolute Gasteiger partial charge is 0.488 e. The summed E-state index contributed by atoms with van der Waals surface area (Å²) in [5, 5.41) is 5.51. The van der Waals surface area contributed by atoms with Gasteiger partial charge in [0.1, 0.15) is 30.3 Å². The molecule has 3 aromatic carbocycles. The first-order valence-corrected chi connectivity index (χ1v) is 22.6. The van der Waals surface area contributed by atoms with Crippen molar-refractivity contribution in [1.29, 1.82) is 0 Å². The van der Waals surface area contributed by atoms with Crippen molar-refractivity contribution in [3.63, 3.8) is 0 Å². The molecule has 0 saturated carbocycles. The summed E-state index contributed by atoms with van der Waals surface area (Å²) in [4.78, 5) is 70.3. The zero-order valence-corrected chi connectivity index (χ0v) is 37.8. The van der Waals surface area contributed by atoms with Gasteiger partial charge in [-0.2, -0.15) is 0 Å². The molecule has 4 amide bonds. The first-order valence-electron chi connectivity index (χ1n) is 22.6. The van der Waals surface area contributed by atoms with Crippen LogP contribution in [0.2, 0.25) is 0 Å². The number of nitrogens with zero attached hydrogens (tertiary/aromatic N) is 4. The average molecular weight is 884 g/mol. The number of carbonyl (C=O) groups excluding carboxylic acids is 4. The number of likely N-dealkylation sites (tertiary alicyclic amines) is 2. The van der Waals surface area contributed by atoms with Gasteiger partial charge in [0.15, 0.2) is 0 Å². The van der Waals surface area contributed by atoms with Gasteiger partial charge in [-0.05, 0) is 102 Å². The predicted molar refractivity (Wildman–Crippen MR) is 244 cm³/mol. The Bertz CT molecular complexity index is 2570. The fourth-order valence-corrected chi connectivity index (χ4v) is 10.5. The number of alkyl carbamates (subject to hydrolysis) is 2. The molecule has 15 heteroatoms. The highest BCUT2D eigenvalue weighted by molar-refractivity contribution is 6.06. The summed E-state index contributed by atoms with van der Waals surface area (Å²) in [5.74, 6) is 1.11. The number of aromatic nitrogens is 2. The molecule has 5 aliphatic rings. The van der Waals surface area contributed by atoms with Crippen LogP contribution in [0, 0.1) is 11.8 Å². The maximum Gasteiger partial charge on any atom is 0.407 e. The highest BCUT2D eigenvalue weighted by Crippen LogP contribution is 2.47. The van der Waals surface area contributed by atoms with Gasteiger partial charge in [0.2, 0.25) is 5.91 Å². The van der Waals surface area contributed by atoms with Crippen molar-refractivity contribution in [1.82, 2.24) is 30.4 Å². The summed E-state index contributed by atoms with van der Waals surface area (Å²) in [6.45, 7) is 7.26. The molecule has 1 aromatic heterocycles. The number of fused-ring (bicyclic) bond motifs is 5. The SMILES string of the molecule is COC[C@H]1C[C@@H](c2ncc(-c3ccc4c(c3)COc3cc5c(cc3-4)CCC3=C5CC([C@@H]4CC[C@H](C)N4C(=O)[C@@H](NC(=O)OC)C(C)C)=N3)[nH]2)N(C(=O)[C@H](NC(=O)OC)c2ccccc2)C1. The number of carbonyl (C=O) groups is 4. The number of benzene rings is 3. The van der Waals surface area contributed by atoms with Crippen molar-refractivity contribution >= 4 is 35.3 Å². The number of hydrogen-bond donors (Lipinski definition) is 3. The van der Waals surface area contributed by atoms with Crippen LogP contribution in [0.4, 0.5) is 9.59 Å². The van der Waals surface area contributed by atoms with E-state index in [1.165, 1.54) is 25.4 Å². The van der Waals surface area contributed by atoms with Gasteiger partial charge in [0.05, 0.1) is 44.8 Å². The van der Waals surface area contributed by atoms with Gasteiger partial charge in [-0.25, -0.2) is 14.6 Å². The Morgan fingerprint density at radius 2 is 1.66 bits per heavy atom. The molecule has 15 nitrogen and oxygen atoms in total. The van der Waals surface area contributed by atoms with E-state index < -0.39 is 24.3 Å². The van der Waals surface area contributed by atoms with Crippen molar-refractivity contribution in [3.8, 4) is 28.1 Å². The van der Waals surface area contributed by atoms with Crippen LogP contribution in [0.1, 0.15) is 93.0 Å². The smallest absolute Gasteiger partial charge is 0.407 e. The van der Waals surface area contributed by atoms with E-state index in [-0.39, 0.29) is 41.8 Å². The van der Waals surface area contributed by atoms with Crippen molar-refractivity contribution in [2.24, 2.45) is 16.8 Å². The molecule has 3 N–H and O–H groups in total. The van der Waals surface area contributed by atoms with Crippen molar-refractivity contribution in [2.45, 2.75) is 96.1 Å². The van der Waals surface area contributed by atoms with Gasteiger partial charge >= 0.3 is 12.2 Å². The lowest BCUT2D eigenvalue weighted by molar-refractivity contribution is -0.136. The first-order chi connectivity index (χ1) is 31.5. The first kappa shape index (κ1) is 43.8. The second-order valence-corrected chi connectivity index (χ2v) is 18.1. The quantitative estimate of drug-likeness (QED) is 0.137. The van der Waals surface area contributed by atoms with E-state index in [2.05, 4.69) is 52.9 Å². The zero-order chi connectivity index (χ0) is 45.5. The van der Waals surface area contributed by atoms with Gasteiger partial charge in [-0.3, -0.25) is 14.6 Å². The third-order valence-corrected chi connectivity index (χ3v) is 13.7. The highest BCUT2D eigenvalue weighted by atomic mass is 16.5. The summed E-state index contributed by atoms with van der Waals surface area (Å²) in [6.07, 6.45) is 5.18. The molecule has 5 heterocycles. The number of imidazole rings is 1. The van der Waals surface area contributed by atoms with Crippen molar-refractivity contribution in [3.05, 3.63) is 101 Å². The van der Waals surface area contributed by atoms with Crippen molar-refractivity contribution < 1.29 is 38.1 Å². The minimum absolute atomic E-state index is 0.0239. The van der Waals surface area contributed by atoms with E-state index >= 15 is 0 Å². The summed E-state index contributed by atoms with van der Waals surface area (Å²) >= 11 is 0. The maximum absolute atomic E-state index is 14.3. The minimum Gasteiger partial charge on any atom is -0.488 e. The van der Waals surface area contributed by atoms with Gasteiger partial charge in [-0.15, -0.1) is 0 Å². The number of amides is 4. The fraction of sp³-hybridized carbons (Fsp3) is 0.440. The Kier molecular flexibility index (Phi) is 12.2. The van der Waals surface area contributed by atoms with Crippen LogP contribution in [-0.2, 0) is 36.8 Å². The van der Waals surface area contributed by atoms with Crippen LogP contribution in [0.5, 0.6) is 5.75 Å². The van der Waals surface area contributed by atoms with E-state index in [9.17, 15) is 19.2 Å². The Morgan fingerprint density at radius 3 is 2.42 bits per heavy atom. The van der Waals surface area contributed by atoms with Crippen LogP contribution < -0.4 is 15.4 Å². The van der Waals surface area contributed by atoms with Crippen LogP contribution >= 0.6 is 0 Å². The fourth-order valence-electron chi connectivity index (χ4n) is 10.5. The number of aryl methyl sites for hydroxylation is 1. The van der Waals surface area contributed by atoms with Crippen LogP contribution in [0.15, 0.2) is 77.5 Å². The number of hydrogen-bond acceptors (Lipinski definition) is 10. The summed E-state index contributed by atoms with van der Waals surface area (Å²) < 4.78 is 21.8. The summed E-state index contributed by atoms with van der Waals surface area (Å²) in [5.41, 5.74) is 11.4. The molecule has 340 valence electrons. The molecule has 2 fully saturated rings. The molecule has 0 bridgehead atoms. The predicted octanol–water partition coefficient (Wildman–Crippen LogP) is 7.53. The normalized spacial score (nSPS) is 21.7. The molecule has 6 atom stereocenters. The van der Waals surface area contributed by atoms with Gasteiger partial charge in [-0.1, -0.05) is 56.3 Å². The molecule has 9 rings (SSSR count). The average Bonchev–Trinajstić information content (AvgIpc) is 4.15. The standard InChI is InChI=1S/C50H57N7O8/c1-27(2)44(54-49(60)63-5)48(59)57-28(3)12-17-41(57)39-21-36-35-22-43-37(20-31(35)14-16-38(36)52-39)34-15-13-32(19-33(34)26-65-43)40-23-51-46(53-40)42-18-29(25-62-4)24-56(42)47(58)45(55-50(61)64-6)30-10-8-7-9-11-30/h7-11,13,15,19-20,22-23,27-29,41-42,44-45H,12,14,16-18,21,24-26H2,1-6H3,(H,51,53)(H,54,60)(H,55,61)/t28-,29-,41-,42-,44-,45+/m0/s1. The number of methoxy groups -OCH3 is 3. The number of ether oxygens (including phenoxy) is 4. The third-order valence-electron chi connectivity index (χ3n) is 13.7. The van der Waals surface area contributed by atoms with E-state index in [1.54, 1.807) is 12.0 Å². The second-order valence-electron chi connectivity index (χ2n) is 18.1. The number of H-pyrrole nitrogens is 1. The lowest BCUT2D eigenvalue weighted by Gasteiger charge is -2.34. The molecule has 4 aliphatic heterocycles. The molecule has 2 saturated heterocycles. The topological polar surface area (TPSA) is 177 Å². The molecule has 1 aliphatic carbocycles. The Balaban J connectivity index is 0.930. The Morgan fingerprint density at radius 1 is 0.877 bits per heavy atom. The molecular formula is C50H57N7O8. The lowest BCUT2D eigenvalue weighted by atomic mass is 9.83.